The fourth-order valence-electron chi connectivity index (χ4n) is 2.19. The Hall–Kier alpha value is -1.00. The molecular weight excluding hydrogens is 365 g/mol. The molecule has 1 heterocycles. The number of benzene rings is 2. The molecule has 1 nitrogen and oxygen atoms in total. The van der Waals surface area contributed by atoms with Gasteiger partial charge in [-0.15, -0.1) is 23.1 Å². The van der Waals surface area contributed by atoms with Crippen LogP contribution in [0, 0.1) is 6.92 Å². The van der Waals surface area contributed by atoms with Gasteiger partial charge in [-0.3, -0.25) is 0 Å². The summed E-state index contributed by atoms with van der Waals surface area (Å²) in [5, 5.41) is 4.42. The van der Waals surface area contributed by atoms with E-state index in [0.29, 0.717) is 10.0 Å². The number of rotatable bonds is 5. The summed E-state index contributed by atoms with van der Waals surface area (Å²) in [6.45, 7) is 2.14. The second-order valence-electron chi connectivity index (χ2n) is 5.21. The minimum Gasteiger partial charge on any atom is -0.245 e. The summed E-state index contributed by atoms with van der Waals surface area (Å²) in [4.78, 5) is 6.04. The molecule has 0 saturated carbocycles. The molecule has 0 unspecified atom stereocenters. The summed E-state index contributed by atoms with van der Waals surface area (Å²) in [5.74, 6) is 0.892. The first kappa shape index (κ1) is 16.8. The van der Waals surface area contributed by atoms with Crippen molar-refractivity contribution in [2.45, 2.75) is 24.0 Å². The number of hydrogen-bond donors (Lipinski definition) is 0. The van der Waals surface area contributed by atoms with Crippen LogP contribution in [0.1, 0.15) is 21.8 Å². The van der Waals surface area contributed by atoms with Gasteiger partial charge in [-0.1, -0.05) is 47.5 Å². The van der Waals surface area contributed by atoms with E-state index in [2.05, 4.69) is 36.6 Å². The van der Waals surface area contributed by atoms with E-state index in [9.17, 15) is 0 Å². The molecule has 0 atom stereocenters. The van der Waals surface area contributed by atoms with E-state index in [-0.39, 0.29) is 0 Å². The third-order valence-electron chi connectivity index (χ3n) is 3.41. The number of halogens is 2. The monoisotopic (exact) mass is 379 g/mol. The normalized spacial score (nSPS) is 10.9. The lowest BCUT2D eigenvalue weighted by Crippen LogP contribution is -1.89. The third kappa shape index (κ3) is 4.51. The standard InChI is InChI=1S/C18H15Cl2NS2/c1-12-4-2-3-5-17(12)22-10-14-11-23-18(21-14)9-13-6-7-15(19)16(20)8-13/h2-8,11H,9-10H2,1H3. The summed E-state index contributed by atoms with van der Waals surface area (Å²) < 4.78 is 0. The van der Waals surface area contributed by atoms with Crippen molar-refractivity contribution in [2.24, 2.45) is 0 Å². The number of thioether (sulfide) groups is 1. The fraction of sp³-hybridized carbons (Fsp3) is 0.167. The third-order valence-corrected chi connectivity index (χ3v) is 6.25. The number of hydrogen-bond acceptors (Lipinski definition) is 3. The molecule has 1 aromatic heterocycles. The Kier molecular flexibility index (Phi) is 5.65. The van der Waals surface area contributed by atoms with Gasteiger partial charge in [-0.05, 0) is 36.2 Å². The van der Waals surface area contributed by atoms with Crippen LogP contribution < -0.4 is 0 Å². The molecule has 0 amide bonds. The van der Waals surface area contributed by atoms with Crippen LogP contribution >= 0.6 is 46.3 Å². The van der Waals surface area contributed by atoms with E-state index in [4.69, 9.17) is 28.2 Å². The van der Waals surface area contributed by atoms with Crippen molar-refractivity contribution in [2.75, 3.05) is 0 Å². The van der Waals surface area contributed by atoms with Crippen molar-refractivity contribution in [3.05, 3.63) is 79.7 Å². The van der Waals surface area contributed by atoms with Crippen molar-refractivity contribution in [3.8, 4) is 0 Å². The SMILES string of the molecule is Cc1ccccc1SCc1csc(Cc2ccc(Cl)c(Cl)c2)n1. The average molecular weight is 380 g/mol. The van der Waals surface area contributed by atoms with Crippen LogP contribution in [-0.2, 0) is 12.2 Å². The fourth-order valence-corrected chi connectivity index (χ4v) is 4.37. The summed E-state index contributed by atoms with van der Waals surface area (Å²) in [5.41, 5.74) is 3.56. The number of aryl methyl sites for hydroxylation is 1. The van der Waals surface area contributed by atoms with Gasteiger partial charge in [0.15, 0.2) is 0 Å². The quantitative estimate of drug-likeness (QED) is 0.460. The second kappa shape index (κ2) is 7.71. The summed E-state index contributed by atoms with van der Waals surface area (Å²) >= 11 is 15.5. The van der Waals surface area contributed by atoms with Crippen molar-refractivity contribution >= 4 is 46.3 Å². The summed E-state index contributed by atoms with van der Waals surface area (Å²) in [7, 11) is 0. The Morgan fingerprint density at radius 1 is 1.09 bits per heavy atom. The zero-order valence-electron chi connectivity index (χ0n) is 12.6. The molecule has 0 N–H and O–H groups in total. The van der Waals surface area contributed by atoms with Crippen LogP contribution in [-0.4, -0.2) is 4.98 Å². The summed E-state index contributed by atoms with van der Waals surface area (Å²) in [6.07, 6.45) is 0.788. The maximum absolute atomic E-state index is 6.07. The molecule has 0 aliphatic heterocycles. The van der Waals surface area contributed by atoms with Gasteiger partial charge in [-0.2, -0.15) is 0 Å². The molecule has 0 aliphatic carbocycles. The van der Waals surface area contributed by atoms with Crippen LogP contribution in [0.3, 0.4) is 0 Å². The molecule has 0 saturated heterocycles. The zero-order chi connectivity index (χ0) is 16.2. The van der Waals surface area contributed by atoms with Crippen LogP contribution in [0.25, 0.3) is 0 Å². The Morgan fingerprint density at radius 2 is 1.91 bits per heavy atom. The van der Waals surface area contributed by atoms with Gasteiger partial charge < -0.3 is 0 Å². The predicted octanol–water partition coefficient (Wildman–Crippen LogP) is 6.64. The highest BCUT2D eigenvalue weighted by Crippen LogP contribution is 2.28. The maximum atomic E-state index is 6.07. The van der Waals surface area contributed by atoms with E-state index in [1.165, 1.54) is 10.5 Å². The molecule has 3 rings (SSSR count). The highest BCUT2D eigenvalue weighted by atomic mass is 35.5. The van der Waals surface area contributed by atoms with Gasteiger partial charge >= 0.3 is 0 Å². The molecule has 0 aliphatic rings. The molecule has 118 valence electrons. The van der Waals surface area contributed by atoms with Crippen molar-refractivity contribution < 1.29 is 0 Å². The van der Waals surface area contributed by atoms with Gasteiger partial charge in [0.25, 0.3) is 0 Å². The van der Waals surface area contributed by atoms with Gasteiger partial charge in [0.05, 0.1) is 20.7 Å². The lowest BCUT2D eigenvalue weighted by atomic mass is 10.2. The van der Waals surface area contributed by atoms with E-state index in [0.717, 1.165) is 28.4 Å². The predicted molar refractivity (Wildman–Crippen MR) is 102 cm³/mol. The molecule has 2 aromatic carbocycles. The van der Waals surface area contributed by atoms with Gasteiger partial charge in [-0.25, -0.2) is 4.98 Å². The Bertz CT molecular complexity index is 814. The molecular formula is C18H15Cl2NS2. The van der Waals surface area contributed by atoms with Gasteiger partial charge in [0.2, 0.25) is 0 Å². The first-order chi connectivity index (χ1) is 11.1. The van der Waals surface area contributed by atoms with Crippen molar-refractivity contribution in [1.29, 1.82) is 0 Å². The largest absolute Gasteiger partial charge is 0.245 e. The summed E-state index contributed by atoms with van der Waals surface area (Å²) in [6, 6.07) is 14.2. The van der Waals surface area contributed by atoms with Crippen molar-refractivity contribution in [1.82, 2.24) is 4.98 Å². The minimum atomic E-state index is 0.588. The van der Waals surface area contributed by atoms with Crippen LogP contribution in [0.2, 0.25) is 10.0 Å². The number of aromatic nitrogens is 1. The molecule has 0 spiro atoms. The Morgan fingerprint density at radius 3 is 2.70 bits per heavy atom. The van der Waals surface area contributed by atoms with E-state index in [1.54, 1.807) is 11.3 Å². The molecule has 0 fully saturated rings. The highest BCUT2D eigenvalue weighted by Gasteiger charge is 2.07. The van der Waals surface area contributed by atoms with E-state index < -0.39 is 0 Å². The van der Waals surface area contributed by atoms with Crippen LogP contribution in [0.15, 0.2) is 52.7 Å². The lowest BCUT2D eigenvalue weighted by molar-refractivity contribution is 1.09. The first-order valence-corrected chi connectivity index (χ1v) is 9.79. The topological polar surface area (TPSA) is 12.9 Å². The molecule has 23 heavy (non-hydrogen) atoms. The zero-order valence-corrected chi connectivity index (χ0v) is 15.7. The highest BCUT2D eigenvalue weighted by molar-refractivity contribution is 7.98. The van der Waals surface area contributed by atoms with Crippen LogP contribution in [0.5, 0.6) is 0 Å². The van der Waals surface area contributed by atoms with Gasteiger partial charge in [0, 0.05) is 22.4 Å². The smallest absolute Gasteiger partial charge is 0.0972 e. The number of thiazole rings is 1. The molecule has 0 bridgehead atoms. The van der Waals surface area contributed by atoms with Crippen molar-refractivity contribution in [3.63, 3.8) is 0 Å². The number of nitrogens with zero attached hydrogens (tertiary/aromatic N) is 1. The molecule has 5 heteroatoms. The molecule has 0 radical (unpaired) electrons. The van der Waals surface area contributed by atoms with E-state index in [1.807, 2.05) is 30.0 Å². The Balaban J connectivity index is 1.64. The second-order valence-corrected chi connectivity index (χ2v) is 7.99. The van der Waals surface area contributed by atoms with E-state index >= 15 is 0 Å². The molecule has 3 aromatic rings. The van der Waals surface area contributed by atoms with Crippen LogP contribution in [0.4, 0.5) is 0 Å². The van der Waals surface area contributed by atoms with Gasteiger partial charge in [0.1, 0.15) is 0 Å². The maximum Gasteiger partial charge on any atom is 0.0972 e. The average Bonchev–Trinajstić information content (AvgIpc) is 2.98. The Labute approximate surface area is 154 Å². The first-order valence-electron chi connectivity index (χ1n) is 7.17. The lowest BCUT2D eigenvalue weighted by Gasteiger charge is -2.03. The minimum absolute atomic E-state index is 0.588.